The molecule has 0 aliphatic carbocycles. The van der Waals surface area contributed by atoms with Crippen molar-refractivity contribution in [3.63, 3.8) is 0 Å². The van der Waals surface area contributed by atoms with Crippen molar-refractivity contribution in [3.8, 4) is 11.3 Å². The summed E-state index contributed by atoms with van der Waals surface area (Å²) in [5.74, 6) is 0.510. The maximum Gasteiger partial charge on any atom is 0.251 e. The molecular weight excluding hydrogens is 254 g/mol. The highest BCUT2D eigenvalue weighted by Crippen LogP contribution is 2.20. The van der Waals surface area contributed by atoms with E-state index in [1.54, 1.807) is 13.3 Å². The minimum absolute atomic E-state index is 0.192. The molecule has 0 aliphatic rings. The second-order valence-corrected chi connectivity index (χ2v) is 4.42. The van der Waals surface area contributed by atoms with Crippen molar-refractivity contribution in [2.45, 2.75) is 6.61 Å². The van der Waals surface area contributed by atoms with Gasteiger partial charge in [-0.2, -0.15) is 0 Å². The lowest BCUT2D eigenvalue weighted by Crippen LogP contribution is -2.11. The van der Waals surface area contributed by atoms with Gasteiger partial charge in [0.05, 0.1) is 11.2 Å². The van der Waals surface area contributed by atoms with E-state index >= 15 is 0 Å². The summed E-state index contributed by atoms with van der Waals surface area (Å²) in [6, 6.07) is 11.2. The first-order chi connectivity index (χ1) is 9.76. The van der Waals surface area contributed by atoms with Gasteiger partial charge in [0.25, 0.3) is 5.56 Å². The van der Waals surface area contributed by atoms with Crippen molar-refractivity contribution in [2.24, 2.45) is 0 Å². The van der Waals surface area contributed by atoms with Crippen LogP contribution in [0.15, 0.2) is 47.4 Å². The number of nitrogens with zero attached hydrogens (tertiary/aromatic N) is 2. The molecule has 0 spiro atoms. The van der Waals surface area contributed by atoms with Gasteiger partial charge in [-0.25, -0.2) is 4.98 Å². The molecule has 0 fully saturated rings. The molecule has 0 aliphatic heterocycles. The molecule has 0 radical (unpaired) electrons. The summed E-state index contributed by atoms with van der Waals surface area (Å²) in [4.78, 5) is 23.0. The van der Waals surface area contributed by atoms with Gasteiger partial charge in [0.15, 0.2) is 0 Å². The zero-order valence-electron chi connectivity index (χ0n) is 11.0. The number of fused-ring (bicyclic) bond motifs is 1. The van der Waals surface area contributed by atoms with Gasteiger partial charge >= 0.3 is 0 Å². The minimum atomic E-state index is -0.192. The maximum absolute atomic E-state index is 11.7. The maximum atomic E-state index is 11.7. The zero-order valence-corrected chi connectivity index (χ0v) is 11.0. The number of rotatable bonds is 3. The summed E-state index contributed by atoms with van der Waals surface area (Å²) < 4.78 is 5.00. The van der Waals surface area contributed by atoms with E-state index in [2.05, 4.69) is 15.0 Å². The molecule has 0 unspecified atom stereocenters. The smallest absolute Gasteiger partial charge is 0.251 e. The summed E-state index contributed by atoms with van der Waals surface area (Å²) in [5, 5.41) is 1.05. The van der Waals surface area contributed by atoms with Crippen LogP contribution in [0.1, 0.15) is 5.82 Å². The molecule has 5 nitrogen and oxygen atoms in total. The first kappa shape index (κ1) is 12.5. The number of benzene rings is 1. The second kappa shape index (κ2) is 5.22. The van der Waals surface area contributed by atoms with E-state index in [4.69, 9.17) is 4.74 Å². The number of aromatic nitrogens is 3. The lowest BCUT2D eigenvalue weighted by atomic mass is 10.1. The quantitative estimate of drug-likeness (QED) is 0.789. The van der Waals surface area contributed by atoms with Crippen molar-refractivity contribution in [3.05, 3.63) is 58.8 Å². The first-order valence-corrected chi connectivity index (χ1v) is 6.20. The molecule has 3 aromatic rings. The third-order valence-electron chi connectivity index (χ3n) is 2.97. The van der Waals surface area contributed by atoms with Gasteiger partial charge in [0, 0.05) is 30.3 Å². The number of nitrogens with one attached hydrogen (secondary N) is 1. The summed E-state index contributed by atoms with van der Waals surface area (Å²) in [7, 11) is 1.56. The number of H-pyrrole nitrogens is 1. The van der Waals surface area contributed by atoms with Crippen LogP contribution >= 0.6 is 0 Å². The van der Waals surface area contributed by atoms with E-state index in [9.17, 15) is 4.79 Å². The number of aromatic amines is 1. The van der Waals surface area contributed by atoms with Crippen molar-refractivity contribution in [2.75, 3.05) is 7.11 Å². The van der Waals surface area contributed by atoms with Gasteiger partial charge in [0.1, 0.15) is 12.4 Å². The molecule has 5 heteroatoms. The van der Waals surface area contributed by atoms with Crippen molar-refractivity contribution < 1.29 is 4.74 Å². The molecule has 0 bridgehead atoms. The van der Waals surface area contributed by atoms with Crippen LogP contribution in [-0.2, 0) is 11.3 Å². The van der Waals surface area contributed by atoms with Gasteiger partial charge in [-0.15, -0.1) is 0 Å². The number of ether oxygens (including phenoxy) is 1. The van der Waals surface area contributed by atoms with Crippen molar-refractivity contribution in [1.29, 1.82) is 0 Å². The largest absolute Gasteiger partial charge is 0.377 e. The molecule has 20 heavy (non-hydrogen) atoms. The van der Waals surface area contributed by atoms with Gasteiger partial charge in [-0.1, -0.05) is 18.2 Å². The molecule has 2 aromatic heterocycles. The summed E-state index contributed by atoms with van der Waals surface area (Å²) in [5.41, 5.74) is 2.16. The Hall–Kier alpha value is -2.53. The Morgan fingerprint density at radius 3 is 3.00 bits per heavy atom. The fourth-order valence-corrected chi connectivity index (χ4v) is 2.09. The Balaban J connectivity index is 2.12. The fraction of sp³-hybridized carbons (Fsp3) is 0.133. The van der Waals surface area contributed by atoms with Crippen molar-refractivity contribution >= 4 is 10.9 Å². The number of hydrogen-bond donors (Lipinski definition) is 1. The van der Waals surface area contributed by atoms with Gasteiger partial charge in [-0.3, -0.25) is 9.78 Å². The minimum Gasteiger partial charge on any atom is -0.377 e. The normalized spacial score (nSPS) is 10.8. The Kier molecular flexibility index (Phi) is 3.26. The Morgan fingerprint density at radius 2 is 2.15 bits per heavy atom. The van der Waals surface area contributed by atoms with E-state index < -0.39 is 0 Å². The second-order valence-electron chi connectivity index (χ2n) is 4.42. The average Bonchev–Trinajstić information content (AvgIpc) is 2.46. The molecule has 1 N–H and O–H groups in total. The molecular formula is C15H13N3O2. The predicted molar refractivity (Wildman–Crippen MR) is 76.3 cm³/mol. The monoisotopic (exact) mass is 267 g/mol. The van der Waals surface area contributed by atoms with Crippen LogP contribution in [0.3, 0.4) is 0 Å². The molecule has 100 valence electrons. The van der Waals surface area contributed by atoms with Crippen LogP contribution in [0.2, 0.25) is 0 Å². The van der Waals surface area contributed by atoms with E-state index in [1.165, 1.54) is 6.07 Å². The van der Waals surface area contributed by atoms with Crippen LogP contribution in [0.25, 0.3) is 22.2 Å². The molecule has 3 rings (SSSR count). The van der Waals surface area contributed by atoms with E-state index in [0.717, 1.165) is 16.5 Å². The van der Waals surface area contributed by atoms with Crippen LogP contribution in [-0.4, -0.2) is 22.1 Å². The third kappa shape index (κ3) is 2.44. The Labute approximate surface area is 115 Å². The molecule has 0 amide bonds. The highest BCUT2D eigenvalue weighted by Gasteiger charge is 2.05. The third-order valence-corrected chi connectivity index (χ3v) is 2.97. The van der Waals surface area contributed by atoms with E-state index in [0.29, 0.717) is 11.5 Å². The summed E-state index contributed by atoms with van der Waals surface area (Å²) in [6.45, 7) is 0.273. The van der Waals surface area contributed by atoms with Gasteiger partial charge in [-0.05, 0) is 12.1 Å². The Morgan fingerprint density at radius 1 is 1.25 bits per heavy atom. The number of pyridine rings is 1. The predicted octanol–water partition coefficient (Wildman–Crippen LogP) is 2.13. The lowest BCUT2D eigenvalue weighted by Gasteiger charge is -2.05. The van der Waals surface area contributed by atoms with Gasteiger partial charge < -0.3 is 9.72 Å². The van der Waals surface area contributed by atoms with Crippen LogP contribution in [0.5, 0.6) is 0 Å². The first-order valence-electron chi connectivity index (χ1n) is 6.20. The average molecular weight is 267 g/mol. The summed E-state index contributed by atoms with van der Waals surface area (Å²) in [6.07, 6.45) is 1.74. The number of hydrogen-bond acceptors (Lipinski definition) is 4. The lowest BCUT2D eigenvalue weighted by molar-refractivity contribution is 0.177. The summed E-state index contributed by atoms with van der Waals surface area (Å²) >= 11 is 0. The molecule has 0 atom stereocenters. The molecule has 0 saturated carbocycles. The highest BCUT2D eigenvalue weighted by atomic mass is 16.5. The van der Waals surface area contributed by atoms with Crippen LogP contribution in [0, 0.1) is 0 Å². The number of methoxy groups -OCH3 is 1. The standard InChI is InChI=1S/C15H13N3O2/c1-20-9-14-17-13(8-15(19)18-14)11-5-4-10-3-2-6-16-12(10)7-11/h2-8H,9H2,1H3,(H,17,18,19). The van der Waals surface area contributed by atoms with E-state index in [1.807, 2.05) is 30.3 Å². The topological polar surface area (TPSA) is 67.9 Å². The van der Waals surface area contributed by atoms with Crippen LogP contribution < -0.4 is 5.56 Å². The molecule has 1 aromatic carbocycles. The SMILES string of the molecule is COCc1nc(-c2ccc3cccnc3c2)cc(=O)[nH]1. The van der Waals surface area contributed by atoms with Crippen molar-refractivity contribution in [1.82, 2.24) is 15.0 Å². The fourth-order valence-electron chi connectivity index (χ4n) is 2.09. The van der Waals surface area contributed by atoms with E-state index in [-0.39, 0.29) is 12.2 Å². The van der Waals surface area contributed by atoms with Crippen LogP contribution in [0.4, 0.5) is 0 Å². The highest BCUT2D eigenvalue weighted by molar-refractivity contribution is 5.83. The molecule has 2 heterocycles. The Bertz CT molecular complexity index is 811. The van der Waals surface area contributed by atoms with Gasteiger partial charge in [0.2, 0.25) is 0 Å². The molecule has 0 saturated heterocycles. The zero-order chi connectivity index (χ0) is 13.9.